The summed E-state index contributed by atoms with van der Waals surface area (Å²) in [5.41, 5.74) is 0. The van der Waals surface area contributed by atoms with Gasteiger partial charge in [-0.3, -0.25) is 0 Å². The molecule has 4 nitrogen and oxygen atoms in total. The molecule has 1 heterocycles. The van der Waals surface area contributed by atoms with Gasteiger partial charge in [0.25, 0.3) is 0 Å². The first-order valence-corrected chi connectivity index (χ1v) is 5.31. The Kier molecular flexibility index (Phi) is 4.78. The van der Waals surface area contributed by atoms with E-state index in [0.29, 0.717) is 5.15 Å². The number of halogens is 1. The highest BCUT2D eigenvalue weighted by Crippen LogP contribution is 2.12. The first kappa shape index (κ1) is 12.2. The van der Waals surface area contributed by atoms with E-state index in [-0.39, 0.29) is 0 Å². The molecule has 0 spiro atoms. The Labute approximate surface area is 95.9 Å². The van der Waals surface area contributed by atoms with Crippen LogP contribution < -0.4 is 4.90 Å². The van der Waals surface area contributed by atoms with Crippen LogP contribution in [0.1, 0.15) is 6.42 Å². The van der Waals surface area contributed by atoms with Gasteiger partial charge in [0.1, 0.15) is 17.3 Å². The molecule has 0 aliphatic rings. The van der Waals surface area contributed by atoms with Gasteiger partial charge in [0, 0.05) is 19.7 Å². The largest absolute Gasteiger partial charge is 0.359 e. The molecule has 0 aliphatic carbocycles. The van der Waals surface area contributed by atoms with E-state index in [4.69, 9.17) is 11.6 Å². The SMILES string of the molecule is CN(C)CCCN(C)c1cc(Cl)ncn1. The smallest absolute Gasteiger partial charge is 0.134 e. The monoisotopic (exact) mass is 228 g/mol. The van der Waals surface area contributed by atoms with Crippen LogP contribution in [0.2, 0.25) is 5.15 Å². The topological polar surface area (TPSA) is 32.3 Å². The molecule has 0 N–H and O–H groups in total. The lowest BCUT2D eigenvalue weighted by atomic mass is 10.3. The molecule has 0 saturated heterocycles. The lowest BCUT2D eigenvalue weighted by Crippen LogP contribution is -2.24. The first-order chi connectivity index (χ1) is 7.09. The number of rotatable bonds is 5. The molecule has 15 heavy (non-hydrogen) atoms. The maximum Gasteiger partial charge on any atom is 0.134 e. The van der Waals surface area contributed by atoms with Crippen molar-refractivity contribution in [3.63, 3.8) is 0 Å². The van der Waals surface area contributed by atoms with Crippen molar-refractivity contribution in [1.29, 1.82) is 0 Å². The molecular weight excluding hydrogens is 212 g/mol. The summed E-state index contributed by atoms with van der Waals surface area (Å²) >= 11 is 5.79. The highest BCUT2D eigenvalue weighted by atomic mass is 35.5. The fourth-order valence-electron chi connectivity index (χ4n) is 1.27. The van der Waals surface area contributed by atoms with Crippen LogP contribution in [-0.4, -0.2) is 49.1 Å². The van der Waals surface area contributed by atoms with E-state index >= 15 is 0 Å². The lowest BCUT2D eigenvalue weighted by molar-refractivity contribution is 0.401. The molecule has 5 heteroatoms. The lowest BCUT2D eigenvalue weighted by Gasteiger charge is -2.19. The Morgan fingerprint density at radius 3 is 2.53 bits per heavy atom. The average Bonchev–Trinajstić information content (AvgIpc) is 2.17. The molecule has 84 valence electrons. The van der Waals surface area contributed by atoms with Crippen molar-refractivity contribution in [3.8, 4) is 0 Å². The fourth-order valence-corrected chi connectivity index (χ4v) is 1.41. The molecule has 0 aromatic carbocycles. The third-order valence-corrected chi connectivity index (χ3v) is 2.32. The van der Waals surface area contributed by atoms with Crippen molar-refractivity contribution >= 4 is 17.4 Å². The average molecular weight is 229 g/mol. The van der Waals surface area contributed by atoms with Gasteiger partial charge >= 0.3 is 0 Å². The molecule has 0 radical (unpaired) electrons. The predicted octanol–water partition coefficient (Wildman–Crippen LogP) is 1.52. The normalized spacial score (nSPS) is 10.7. The fraction of sp³-hybridized carbons (Fsp3) is 0.600. The van der Waals surface area contributed by atoms with Gasteiger partial charge in [-0.25, -0.2) is 9.97 Å². The predicted molar refractivity (Wildman–Crippen MR) is 63.5 cm³/mol. The third-order valence-electron chi connectivity index (χ3n) is 2.11. The summed E-state index contributed by atoms with van der Waals surface area (Å²) in [5, 5.41) is 0.486. The van der Waals surface area contributed by atoms with Crippen molar-refractivity contribution in [2.75, 3.05) is 39.1 Å². The molecule has 0 aliphatic heterocycles. The Morgan fingerprint density at radius 2 is 1.93 bits per heavy atom. The van der Waals surface area contributed by atoms with Crippen LogP contribution in [0.5, 0.6) is 0 Å². The maximum atomic E-state index is 5.79. The van der Waals surface area contributed by atoms with Gasteiger partial charge in [-0.05, 0) is 27.1 Å². The van der Waals surface area contributed by atoms with Crippen molar-refractivity contribution in [3.05, 3.63) is 17.5 Å². The molecule has 1 aromatic heterocycles. The summed E-state index contributed by atoms with van der Waals surface area (Å²) in [6, 6.07) is 1.78. The summed E-state index contributed by atoms with van der Waals surface area (Å²) < 4.78 is 0. The van der Waals surface area contributed by atoms with Crippen molar-refractivity contribution in [2.24, 2.45) is 0 Å². The van der Waals surface area contributed by atoms with Crippen LogP contribution in [0.4, 0.5) is 5.82 Å². The number of aromatic nitrogens is 2. The number of hydrogen-bond acceptors (Lipinski definition) is 4. The van der Waals surface area contributed by atoms with Gasteiger partial charge in [-0.15, -0.1) is 0 Å². The van der Waals surface area contributed by atoms with E-state index < -0.39 is 0 Å². The van der Waals surface area contributed by atoms with Crippen LogP contribution in [0.25, 0.3) is 0 Å². The quantitative estimate of drug-likeness (QED) is 0.716. The summed E-state index contributed by atoms with van der Waals surface area (Å²) in [4.78, 5) is 12.3. The van der Waals surface area contributed by atoms with Gasteiger partial charge in [-0.1, -0.05) is 11.6 Å². The molecule has 0 amide bonds. The zero-order chi connectivity index (χ0) is 11.3. The minimum absolute atomic E-state index is 0.486. The molecule has 0 bridgehead atoms. The molecule has 1 rings (SSSR count). The number of anilines is 1. The minimum Gasteiger partial charge on any atom is -0.359 e. The molecule has 1 aromatic rings. The summed E-state index contributed by atoms with van der Waals surface area (Å²) in [7, 11) is 6.15. The van der Waals surface area contributed by atoms with Gasteiger partial charge in [0.05, 0.1) is 0 Å². The summed E-state index contributed by atoms with van der Waals surface area (Å²) in [6.45, 7) is 2.04. The van der Waals surface area contributed by atoms with E-state index in [1.807, 2.05) is 7.05 Å². The van der Waals surface area contributed by atoms with Crippen LogP contribution in [0.15, 0.2) is 12.4 Å². The van der Waals surface area contributed by atoms with E-state index in [1.54, 1.807) is 6.07 Å². The zero-order valence-corrected chi connectivity index (χ0v) is 10.2. The third kappa shape index (κ3) is 4.44. The van der Waals surface area contributed by atoms with Gasteiger partial charge in [0.15, 0.2) is 0 Å². The number of nitrogens with zero attached hydrogens (tertiary/aromatic N) is 4. The van der Waals surface area contributed by atoms with Crippen molar-refractivity contribution in [2.45, 2.75) is 6.42 Å². The second-order valence-corrected chi connectivity index (χ2v) is 4.16. The van der Waals surface area contributed by atoms with Gasteiger partial charge in [-0.2, -0.15) is 0 Å². The van der Waals surface area contributed by atoms with Crippen LogP contribution in [-0.2, 0) is 0 Å². The second kappa shape index (κ2) is 5.88. The standard InChI is InChI=1S/C10H17ClN4/c1-14(2)5-4-6-15(3)10-7-9(11)12-8-13-10/h7-8H,4-6H2,1-3H3. The first-order valence-electron chi connectivity index (χ1n) is 4.93. The van der Waals surface area contributed by atoms with Crippen LogP contribution >= 0.6 is 11.6 Å². The highest BCUT2D eigenvalue weighted by molar-refractivity contribution is 6.29. The van der Waals surface area contributed by atoms with E-state index in [0.717, 1.165) is 25.3 Å². The summed E-state index contributed by atoms with van der Waals surface area (Å²) in [5.74, 6) is 0.869. The summed E-state index contributed by atoms with van der Waals surface area (Å²) in [6.07, 6.45) is 2.59. The molecule has 0 atom stereocenters. The van der Waals surface area contributed by atoms with Gasteiger partial charge < -0.3 is 9.80 Å². The Bertz CT molecular complexity index is 303. The number of hydrogen-bond donors (Lipinski definition) is 0. The van der Waals surface area contributed by atoms with E-state index in [1.165, 1.54) is 6.33 Å². The zero-order valence-electron chi connectivity index (χ0n) is 9.44. The minimum atomic E-state index is 0.486. The van der Waals surface area contributed by atoms with E-state index in [2.05, 4.69) is 33.9 Å². The second-order valence-electron chi connectivity index (χ2n) is 3.78. The molecule has 0 fully saturated rings. The highest BCUT2D eigenvalue weighted by Gasteiger charge is 2.03. The molecular formula is C10H17ClN4. The van der Waals surface area contributed by atoms with E-state index in [9.17, 15) is 0 Å². The van der Waals surface area contributed by atoms with Crippen LogP contribution in [0, 0.1) is 0 Å². The van der Waals surface area contributed by atoms with Crippen molar-refractivity contribution < 1.29 is 0 Å². The Morgan fingerprint density at radius 1 is 1.20 bits per heavy atom. The van der Waals surface area contributed by atoms with Gasteiger partial charge in [0.2, 0.25) is 0 Å². The molecule has 0 saturated carbocycles. The Balaban J connectivity index is 2.43. The Hall–Kier alpha value is -0.870. The maximum absolute atomic E-state index is 5.79. The van der Waals surface area contributed by atoms with Crippen LogP contribution in [0.3, 0.4) is 0 Å². The molecule has 0 unspecified atom stereocenters. The van der Waals surface area contributed by atoms with Crippen molar-refractivity contribution in [1.82, 2.24) is 14.9 Å².